The molecule has 4 rings (SSSR count). The Morgan fingerprint density at radius 1 is 0.962 bits per heavy atom. The molecule has 26 heavy (non-hydrogen) atoms. The van der Waals surface area contributed by atoms with Crippen molar-refractivity contribution in [2.75, 3.05) is 0 Å². The number of nitrogens with one attached hydrogen (secondary N) is 1. The number of carbonyl (C=O) groups is 1. The Morgan fingerprint density at radius 3 is 2.65 bits per heavy atom. The minimum Gasteiger partial charge on any atom is -0.439 e. The van der Waals surface area contributed by atoms with Crippen LogP contribution in [0.5, 0.6) is 0 Å². The second kappa shape index (κ2) is 7.08. The first-order chi connectivity index (χ1) is 12.8. The van der Waals surface area contributed by atoms with Crippen LogP contribution < -0.4 is 5.32 Å². The zero-order chi connectivity index (χ0) is 17.8. The smallest absolute Gasteiger partial charge is 0.408 e. The maximum atomic E-state index is 11.8. The Hall–Kier alpha value is -3.65. The van der Waals surface area contributed by atoms with Crippen molar-refractivity contribution < 1.29 is 9.53 Å². The van der Waals surface area contributed by atoms with E-state index in [9.17, 15) is 4.79 Å². The Bertz CT molecular complexity index is 978. The second-order valence-corrected chi connectivity index (χ2v) is 5.80. The lowest BCUT2D eigenvalue weighted by molar-refractivity contribution is 0.131. The Morgan fingerprint density at radius 2 is 1.85 bits per heavy atom. The van der Waals surface area contributed by atoms with Gasteiger partial charge in [-0.25, -0.2) is 9.78 Å². The fraction of sp³-hybridized carbons (Fsp3) is 0.0952. The normalized spacial score (nSPS) is 18.4. The van der Waals surface area contributed by atoms with Gasteiger partial charge < -0.3 is 10.1 Å². The molecule has 0 radical (unpaired) electrons. The summed E-state index contributed by atoms with van der Waals surface area (Å²) in [6.07, 6.45) is 2.44. The highest BCUT2D eigenvalue weighted by molar-refractivity contribution is 5.71. The molecule has 1 aliphatic rings. The Labute approximate surface area is 151 Å². The molecule has 0 aliphatic carbocycles. The van der Waals surface area contributed by atoms with Gasteiger partial charge in [0.25, 0.3) is 0 Å². The number of pyridine rings is 2. The molecule has 0 spiro atoms. The zero-order valence-electron chi connectivity index (χ0n) is 13.8. The molecule has 0 unspecified atom stereocenters. The van der Waals surface area contributed by atoms with Crippen LogP contribution in [0.15, 0.2) is 73.1 Å². The van der Waals surface area contributed by atoms with Crippen molar-refractivity contribution in [3.05, 3.63) is 95.6 Å². The molecule has 126 valence electrons. The van der Waals surface area contributed by atoms with E-state index in [1.807, 2.05) is 60.7 Å². The summed E-state index contributed by atoms with van der Waals surface area (Å²) in [6, 6.07) is 18.6. The van der Waals surface area contributed by atoms with Gasteiger partial charge in [-0.3, -0.25) is 4.98 Å². The van der Waals surface area contributed by atoms with E-state index in [1.54, 1.807) is 12.4 Å². The van der Waals surface area contributed by atoms with Gasteiger partial charge in [0.15, 0.2) is 6.10 Å². The van der Waals surface area contributed by atoms with Crippen LogP contribution in [0.2, 0.25) is 0 Å². The van der Waals surface area contributed by atoms with Crippen LogP contribution >= 0.6 is 0 Å². The molecule has 0 saturated carbocycles. The molecule has 1 N–H and O–H groups in total. The van der Waals surface area contributed by atoms with Gasteiger partial charge in [0, 0.05) is 23.5 Å². The largest absolute Gasteiger partial charge is 0.439 e. The average molecular weight is 341 g/mol. The molecule has 3 aromatic rings. The predicted octanol–water partition coefficient (Wildman–Crippen LogP) is 3.40. The van der Waals surface area contributed by atoms with Gasteiger partial charge in [-0.2, -0.15) is 0 Å². The van der Waals surface area contributed by atoms with E-state index in [4.69, 9.17) is 4.74 Å². The van der Waals surface area contributed by atoms with E-state index in [0.717, 1.165) is 11.1 Å². The molecule has 1 aromatic carbocycles. The maximum absolute atomic E-state index is 11.8. The van der Waals surface area contributed by atoms with Gasteiger partial charge in [0.05, 0.1) is 5.69 Å². The zero-order valence-corrected chi connectivity index (χ0v) is 13.8. The summed E-state index contributed by atoms with van der Waals surface area (Å²) in [6.45, 7) is 0. The van der Waals surface area contributed by atoms with Gasteiger partial charge in [-0.1, -0.05) is 36.3 Å². The monoisotopic (exact) mass is 341 g/mol. The first kappa shape index (κ1) is 15.9. The van der Waals surface area contributed by atoms with Crippen LogP contribution in [0.1, 0.15) is 34.7 Å². The van der Waals surface area contributed by atoms with Crippen molar-refractivity contribution >= 4 is 6.09 Å². The number of alkyl carbamates (subject to hydrolysis) is 1. The minimum atomic E-state index is -0.471. The molecule has 5 nitrogen and oxygen atoms in total. The first-order valence-corrected chi connectivity index (χ1v) is 8.21. The van der Waals surface area contributed by atoms with Crippen molar-refractivity contribution in [3.63, 3.8) is 0 Å². The van der Waals surface area contributed by atoms with E-state index >= 15 is 0 Å². The van der Waals surface area contributed by atoms with E-state index in [1.165, 1.54) is 0 Å². The number of hydrogen-bond acceptors (Lipinski definition) is 4. The third kappa shape index (κ3) is 3.40. The summed E-state index contributed by atoms with van der Waals surface area (Å²) >= 11 is 0. The van der Waals surface area contributed by atoms with Crippen molar-refractivity contribution in [1.29, 1.82) is 0 Å². The molecule has 3 heterocycles. The number of cyclic esters (lactones) is 1. The summed E-state index contributed by atoms with van der Waals surface area (Å²) in [5, 5.41) is 2.82. The van der Waals surface area contributed by atoms with Crippen LogP contribution in [-0.4, -0.2) is 16.1 Å². The lowest BCUT2D eigenvalue weighted by Gasteiger charge is -2.16. The van der Waals surface area contributed by atoms with E-state index in [0.29, 0.717) is 11.4 Å². The SMILES string of the molecule is O=C1N[C@@H](c2cccc(C#Cc3ccccc3)n2)[C@H](c2cccnc2)O1. The molecule has 5 heteroatoms. The molecule has 0 bridgehead atoms. The van der Waals surface area contributed by atoms with Crippen molar-refractivity contribution in [1.82, 2.24) is 15.3 Å². The number of nitrogens with zero attached hydrogens (tertiary/aromatic N) is 2. The lowest BCUT2D eigenvalue weighted by atomic mass is 10.0. The molecule has 1 aliphatic heterocycles. The summed E-state index contributed by atoms with van der Waals surface area (Å²) in [5.41, 5.74) is 3.07. The van der Waals surface area contributed by atoms with Gasteiger partial charge in [-0.15, -0.1) is 0 Å². The minimum absolute atomic E-state index is 0.384. The van der Waals surface area contributed by atoms with Crippen LogP contribution in [0.25, 0.3) is 0 Å². The van der Waals surface area contributed by atoms with Gasteiger partial charge >= 0.3 is 6.09 Å². The second-order valence-electron chi connectivity index (χ2n) is 5.80. The van der Waals surface area contributed by atoms with Gasteiger partial charge in [-0.05, 0) is 36.3 Å². The highest BCUT2D eigenvalue weighted by Gasteiger charge is 2.37. The Balaban J connectivity index is 1.63. The highest BCUT2D eigenvalue weighted by atomic mass is 16.6. The molecule has 1 amide bonds. The average Bonchev–Trinajstić information content (AvgIpc) is 3.10. The van der Waals surface area contributed by atoms with Crippen molar-refractivity contribution in [2.24, 2.45) is 0 Å². The standard InChI is InChI=1S/C21H15N3O2/c25-21-24-19(20(26-21)16-8-5-13-22-14-16)18-10-4-9-17(23-18)12-11-15-6-2-1-3-7-15/h1-10,13-14,19-20H,(H,24,25)/t19-,20-/m0/s1. The number of amides is 1. The number of carbonyl (C=O) groups excluding carboxylic acids is 1. The van der Waals surface area contributed by atoms with Crippen LogP contribution in [0, 0.1) is 11.8 Å². The van der Waals surface area contributed by atoms with Gasteiger partial charge in [0.1, 0.15) is 11.7 Å². The number of hydrogen-bond donors (Lipinski definition) is 1. The number of benzene rings is 1. The number of aromatic nitrogens is 2. The van der Waals surface area contributed by atoms with E-state index in [2.05, 4.69) is 27.1 Å². The summed E-state index contributed by atoms with van der Waals surface area (Å²) in [7, 11) is 0. The van der Waals surface area contributed by atoms with E-state index < -0.39 is 12.2 Å². The molecule has 1 fully saturated rings. The van der Waals surface area contributed by atoms with Crippen LogP contribution in [0.4, 0.5) is 4.79 Å². The van der Waals surface area contributed by atoms with E-state index in [-0.39, 0.29) is 6.04 Å². The van der Waals surface area contributed by atoms with Crippen LogP contribution in [0.3, 0.4) is 0 Å². The summed E-state index contributed by atoms with van der Waals surface area (Å²) < 4.78 is 5.42. The summed E-state index contributed by atoms with van der Waals surface area (Å²) in [5.74, 6) is 6.15. The van der Waals surface area contributed by atoms with Gasteiger partial charge in [0.2, 0.25) is 0 Å². The molecular weight excluding hydrogens is 326 g/mol. The predicted molar refractivity (Wildman–Crippen MR) is 96.0 cm³/mol. The Kier molecular flexibility index (Phi) is 4.31. The fourth-order valence-electron chi connectivity index (χ4n) is 2.81. The quantitative estimate of drug-likeness (QED) is 0.726. The van der Waals surface area contributed by atoms with Crippen molar-refractivity contribution in [2.45, 2.75) is 12.1 Å². The molecule has 2 atom stereocenters. The first-order valence-electron chi connectivity index (χ1n) is 8.21. The molecular formula is C21H15N3O2. The highest BCUT2D eigenvalue weighted by Crippen LogP contribution is 2.35. The number of ether oxygens (including phenoxy) is 1. The third-order valence-electron chi connectivity index (χ3n) is 4.02. The lowest BCUT2D eigenvalue weighted by Crippen LogP contribution is -2.20. The van der Waals surface area contributed by atoms with Crippen LogP contribution in [-0.2, 0) is 4.74 Å². The number of rotatable bonds is 2. The summed E-state index contributed by atoms with van der Waals surface area (Å²) in [4.78, 5) is 20.5. The maximum Gasteiger partial charge on any atom is 0.408 e. The van der Waals surface area contributed by atoms with Crippen molar-refractivity contribution in [3.8, 4) is 11.8 Å². The fourth-order valence-corrected chi connectivity index (χ4v) is 2.81. The molecule has 2 aromatic heterocycles. The topological polar surface area (TPSA) is 64.1 Å². The molecule has 1 saturated heterocycles. The third-order valence-corrected chi connectivity index (χ3v) is 4.02.